The first kappa shape index (κ1) is 11.8. The molecule has 1 aliphatic carbocycles. The molecule has 1 amide bonds. The van der Waals surface area contributed by atoms with Crippen molar-refractivity contribution < 1.29 is 9.53 Å². The zero-order valence-electron chi connectivity index (χ0n) is 9.49. The first-order valence-corrected chi connectivity index (χ1v) is 5.24. The van der Waals surface area contributed by atoms with Crippen LogP contribution in [0.4, 0.5) is 4.79 Å². The van der Waals surface area contributed by atoms with Crippen molar-refractivity contribution in [1.29, 1.82) is 5.26 Å². The molecule has 1 aliphatic rings. The topological polar surface area (TPSA) is 76.1 Å². The quantitative estimate of drug-likeness (QED) is 0.771. The Balaban J connectivity index is 2.41. The molecule has 4 heteroatoms. The van der Waals surface area contributed by atoms with Gasteiger partial charge in [-0.15, -0.1) is 0 Å². The standard InChI is InChI=1S/C11H18N2O2/c1-7(9-4-8(9)6-12)5-11(2,3)15-10(13)14/h7-9H,4-5H2,1-3H3,(H2,13,14)/t7-,8?,9?/m1/s1. The summed E-state index contributed by atoms with van der Waals surface area (Å²) in [6.45, 7) is 5.78. The Kier molecular flexibility index (Phi) is 3.23. The molecule has 0 aromatic rings. The largest absolute Gasteiger partial charge is 0.444 e. The molecule has 1 saturated carbocycles. The molecule has 0 aromatic heterocycles. The number of nitrogens with zero attached hydrogens (tertiary/aromatic N) is 1. The van der Waals surface area contributed by atoms with Gasteiger partial charge in [-0.2, -0.15) is 5.26 Å². The average molecular weight is 210 g/mol. The number of ether oxygens (including phenoxy) is 1. The fraction of sp³-hybridized carbons (Fsp3) is 0.818. The minimum Gasteiger partial charge on any atom is -0.444 e. The van der Waals surface area contributed by atoms with Gasteiger partial charge in [-0.3, -0.25) is 0 Å². The highest BCUT2D eigenvalue weighted by atomic mass is 16.6. The molecule has 2 N–H and O–H groups in total. The number of rotatable bonds is 4. The van der Waals surface area contributed by atoms with E-state index in [2.05, 4.69) is 13.0 Å². The van der Waals surface area contributed by atoms with Gasteiger partial charge in [0.2, 0.25) is 0 Å². The molecule has 0 aromatic carbocycles. The van der Waals surface area contributed by atoms with E-state index in [4.69, 9.17) is 15.7 Å². The molecule has 84 valence electrons. The Labute approximate surface area is 90.4 Å². The number of carbonyl (C=O) groups excluding carboxylic acids is 1. The molecule has 0 heterocycles. The molecule has 1 rings (SSSR count). The average Bonchev–Trinajstić information content (AvgIpc) is 2.78. The predicted molar refractivity (Wildman–Crippen MR) is 55.7 cm³/mol. The molecule has 3 atom stereocenters. The number of carbonyl (C=O) groups is 1. The van der Waals surface area contributed by atoms with Crippen molar-refractivity contribution >= 4 is 6.09 Å². The van der Waals surface area contributed by atoms with Gasteiger partial charge in [-0.25, -0.2) is 4.79 Å². The van der Waals surface area contributed by atoms with Crippen molar-refractivity contribution in [1.82, 2.24) is 0 Å². The highest BCUT2D eigenvalue weighted by Crippen LogP contribution is 2.46. The summed E-state index contributed by atoms with van der Waals surface area (Å²) in [5.74, 6) is 1.05. The van der Waals surface area contributed by atoms with Gasteiger partial charge in [-0.05, 0) is 38.5 Å². The van der Waals surface area contributed by atoms with E-state index in [0.29, 0.717) is 11.8 Å². The van der Waals surface area contributed by atoms with Gasteiger partial charge in [-0.1, -0.05) is 6.92 Å². The summed E-state index contributed by atoms with van der Waals surface area (Å²) in [4.78, 5) is 10.7. The van der Waals surface area contributed by atoms with Crippen molar-refractivity contribution in [2.45, 2.75) is 39.2 Å². The van der Waals surface area contributed by atoms with E-state index >= 15 is 0 Å². The highest BCUT2D eigenvalue weighted by molar-refractivity contribution is 5.65. The summed E-state index contributed by atoms with van der Waals surface area (Å²) >= 11 is 0. The Morgan fingerprint density at radius 3 is 2.73 bits per heavy atom. The number of amides is 1. The van der Waals surface area contributed by atoms with Crippen molar-refractivity contribution in [2.24, 2.45) is 23.5 Å². The van der Waals surface area contributed by atoms with E-state index in [1.807, 2.05) is 13.8 Å². The van der Waals surface area contributed by atoms with Gasteiger partial charge in [0.25, 0.3) is 0 Å². The number of hydrogen-bond acceptors (Lipinski definition) is 3. The third-order valence-electron chi connectivity index (χ3n) is 2.93. The minimum atomic E-state index is -0.736. The van der Waals surface area contributed by atoms with E-state index in [1.54, 1.807) is 0 Å². The van der Waals surface area contributed by atoms with Gasteiger partial charge in [0.1, 0.15) is 5.60 Å². The van der Waals surface area contributed by atoms with Crippen molar-refractivity contribution in [3.63, 3.8) is 0 Å². The molecular formula is C11H18N2O2. The van der Waals surface area contributed by atoms with Crippen LogP contribution in [-0.2, 0) is 4.74 Å². The summed E-state index contributed by atoms with van der Waals surface area (Å²) in [5, 5.41) is 8.71. The number of nitriles is 1. The second-order valence-corrected chi connectivity index (χ2v) is 5.00. The van der Waals surface area contributed by atoms with Crippen LogP contribution in [0.15, 0.2) is 0 Å². The first-order chi connectivity index (χ1) is 6.85. The van der Waals surface area contributed by atoms with Crippen LogP contribution in [0.2, 0.25) is 0 Å². The molecule has 0 bridgehead atoms. The normalized spacial score (nSPS) is 26.5. The van der Waals surface area contributed by atoms with E-state index in [9.17, 15) is 4.79 Å². The van der Waals surface area contributed by atoms with Crippen LogP contribution in [-0.4, -0.2) is 11.7 Å². The maximum Gasteiger partial charge on any atom is 0.405 e. The van der Waals surface area contributed by atoms with E-state index in [1.165, 1.54) is 0 Å². The smallest absolute Gasteiger partial charge is 0.405 e. The summed E-state index contributed by atoms with van der Waals surface area (Å²) < 4.78 is 5.01. The summed E-state index contributed by atoms with van der Waals surface area (Å²) in [6.07, 6.45) is 0.989. The van der Waals surface area contributed by atoms with Gasteiger partial charge in [0.05, 0.1) is 6.07 Å². The van der Waals surface area contributed by atoms with Gasteiger partial charge in [0, 0.05) is 5.92 Å². The number of nitrogens with two attached hydrogens (primary N) is 1. The summed E-state index contributed by atoms with van der Waals surface area (Å²) in [6, 6.07) is 2.26. The lowest BCUT2D eigenvalue weighted by atomic mass is 9.90. The molecule has 0 saturated heterocycles. The van der Waals surface area contributed by atoms with Crippen LogP contribution >= 0.6 is 0 Å². The fourth-order valence-electron chi connectivity index (χ4n) is 2.23. The molecule has 4 nitrogen and oxygen atoms in total. The second-order valence-electron chi connectivity index (χ2n) is 5.00. The molecule has 0 aliphatic heterocycles. The predicted octanol–water partition coefficient (Wildman–Crippen LogP) is 2.05. The molecule has 0 spiro atoms. The summed E-state index contributed by atoms with van der Waals surface area (Å²) in [7, 11) is 0. The van der Waals surface area contributed by atoms with E-state index in [0.717, 1.165) is 12.8 Å². The Morgan fingerprint density at radius 1 is 1.73 bits per heavy atom. The van der Waals surface area contributed by atoms with Crippen LogP contribution in [0.1, 0.15) is 33.6 Å². The van der Waals surface area contributed by atoms with Crippen LogP contribution in [0.3, 0.4) is 0 Å². The molecule has 15 heavy (non-hydrogen) atoms. The lowest BCUT2D eigenvalue weighted by molar-refractivity contribution is 0.0257. The Hall–Kier alpha value is -1.24. The number of primary amides is 1. The third-order valence-corrected chi connectivity index (χ3v) is 2.93. The lowest BCUT2D eigenvalue weighted by Crippen LogP contribution is -2.33. The van der Waals surface area contributed by atoms with Crippen LogP contribution in [0, 0.1) is 29.1 Å². The molecule has 2 unspecified atom stereocenters. The van der Waals surface area contributed by atoms with Crippen LogP contribution in [0.5, 0.6) is 0 Å². The van der Waals surface area contributed by atoms with E-state index in [-0.39, 0.29) is 5.92 Å². The van der Waals surface area contributed by atoms with Crippen LogP contribution < -0.4 is 5.73 Å². The Morgan fingerprint density at radius 2 is 2.33 bits per heavy atom. The van der Waals surface area contributed by atoms with Gasteiger partial charge in [0.15, 0.2) is 0 Å². The third kappa shape index (κ3) is 3.43. The van der Waals surface area contributed by atoms with E-state index < -0.39 is 11.7 Å². The SMILES string of the molecule is C[C@H](CC(C)(C)OC(N)=O)C1CC1C#N. The first-order valence-electron chi connectivity index (χ1n) is 5.24. The fourth-order valence-corrected chi connectivity index (χ4v) is 2.23. The minimum absolute atomic E-state index is 0.198. The molecular weight excluding hydrogens is 192 g/mol. The monoisotopic (exact) mass is 210 g/mol. The maximum absolute atomic E-state index is 10.7. The second kappa shape index (κ2) is 4.09. The van der Waals surface area contributed by atoms with Crippen LogP contribution in [0.25, 0.3) is 0 Å². The van der Waals surface area contributed by atoms with Crippen molar-refractivity contribution in [3.05, 3.63) is 0 Å². The molecule has 1 fully saturated rings. The Bertz CT molecular complexity index is 293. The number of hydrogen-bond donors (Lipinski definition) is 1. The maximum atomic E-state index is 10.7. The summed E-state index contributed by atoms with van der Waals surface area (Å²) in [5.41, 5.74) is 4.45. The lowest BCUT2D eigenvalue weighted by Gasteiger charge is -2.27. The zero-order chi connectivity index (χ0) is 11.6. The van der Waals surface area contributed by atoms with Gasteiger partial charge >= 0.3 is 6.09 Å². The van der Waals surface area contributed by atoms with Gasteiger partial charge < -0.3 is 10.5 Å². The highest BCUT2D eigenvalue weighted by Gasteiger charge is 2.43. The van der Waals surface area contributed by atoms with Crippen molar-refractivity contribution in [3.8, 4) is 6.07 Å². The molecule has 0 radical (unpaired) electrons. The zero-order valence-corrected chi connectivity index (χ0v) is 9.49. The van der Waals surface area contributed by atoms with Crippen molar-refractivity contribution in [2.75, 3.05) is 0 Å².